The summed E-state index contributed by atoms with van der Waals surface area (Å²) in [6.07, 6.45) is -6.47. The molecule has 1 aliphatic carbocycles. The molecule has 2 N–H and O–H groups in total. The number of ether oxygens (including phenoxy) is 2. The third kappa shape index (κ3) is 8.27. The van der Waals surface area contributed by atoms with E-state index in [1.54, 1.807) is 31.2 Å². The van der Waals surface area contributed by atoms with Gasteiger partial charge in [0.25, 0.3) is 11.8 Å². The van der Waals surface area contributed by atoms with Crippen molar-refractivity contribution >= 4 is 29.1 Å². The monoisotopic (exact) mass is 797 g/mol. The van der Waals surface area contributed by atoms with E-state index < -0.39 is 69.3 Å². The van der Waals surface area contributed by atoms with Crippen LogP contribution in [0.15, 0.2) is 54.2 Å². The molecule has 0 bridgehead atoms. The van der Waals surface area contributed by atoms with Crippen LogP contribution in [-0.4, -0.2) is 80.2 Å². The molecule has 4 atom stereocenters. The van der Waals surface area contributed by atoms with Gasteiger partial charge in [0.1, 0.15) is 16.4 Å². The summed E-state index contributed by atoms with van der Waals surface area (Å²) in [6.45, 7) is 1.63. The van der Waals surface area contributed by atoms with E-state index in [-0.39, 0.29) is 63.6 Å². The number of aliphatic carboxylic acids is 1. The highest BCUT2D eigenvalue weighted by Crippen LogP contribution is 2.45. The minimum absolute atomic E-state index is 0.0139. The summed E-state index contributed by atoms with van der Waals surface area (Å²) in [7, 11) is 0. The first-order valence-corrected chi connectivity index (χ1v) is 19.0. The predicted molar refractivity (Wildman–Crippen MR) is 186 cm³/mol. The second-order valence-electron chi connectivity index (χ2n) is 14.4. The first kappa shape index (κ1) is 40.3. The lowest BCUT2D eigenvalue weighted by atomic mass is 9.78. The number of carboxylic acids is 1. The smallest absolute Gasteiger partial charge is 0.425 e. The number of rotatable bonds is 10. The standard InChI is InChI=1S/C38H41F6N3O7S/c1-2-6-30-36(54-25-20-31(55-22-25)38(42,43)44,12-5-16-47(30)32(48)26-21-45-15-11-27(26)37(39,40)41)34(51)46-17-13-35(52,14-18-46)28-7-3-4-8-29(28)53-24-10-9-23(19-24)33(49)50/h3-4,7-8,11,15,20-24,30,52H,2,5-6,9-10,12-14,16-19H2,1H3,(H,49,50)/t23-,24-,30-,36+/m1/s1. The first-order chi connectivity index (χ1) is 26.0. The summed E-state index contributed by atoms with van der Waals surface area (Å²) in [6, 6.07) is 7.11. The molecule has 4 heterocycles. The summed E-state index contributed by atoms with van der Waals surface area (Å²) < 4.78 is 95.8. The van der Waals surface area contributed by atoms with Gasteiger partial charge in [0, 0.05) is 55.5 Å². The lowest BCUT2D eigenvalue weighted by molar-refractivity contribution is -0.163. The molecule has 3 aliphatic rings. The highest BCUT2D eigenvalue weighted by atomic mass is 32.1. The van der Waals surface area contributed by atoms with E-state index in [1.165, 1.54) is 4.90 Å². The fraction of sp³-hybridized carbons (Fsp3) is 0.526. The van der Waals surface area contributed by atoms with E-state index in [1.807, 2.05) is 0 Å². The Labute approximate surface area is 317 Å². The van der Waals surface area contributed by atoms with Crippen LogP contribution in [0.5, 0.6) is 11.5 Å². The molecule has 6 rings (SSSR count). The van der Waals surface area contributed by atoms with E-state index in [0.29, 0.717) is 54.4 Å². The van der Waals surface area contributed by atoms with Gasteiger partial charge in [-0.3, -0.25) is 19.4 Å². The number of hydrogen-bond acceptors (Lipinski definition) is 8. The van der Waals surface area contributed by atoms with Gasteiger partial charge in [-0.15, -0.1) is 11.3 Å². The van der Waals surface area contributed by atoms with Crippen LogP contribution in [0.4, 0.5) is 26.3 Å². The number of thiophene rings is 1. The van der Waals surface area contributed by atoms with Crippen molar-refractivity contribution in [1.82, 2.24) is 14.8 Å². The summed E-state index contributed by atoms with van der Waals surface area (Å²) in [4.78, 5) is 45.8. The Balaban J connectivity index is 1.31. The van der Waals surface area contributed by atoms with Crippen molar-refractivity contribution in [3.8, 4) is 11.5 Å². The molecule has 1 saturated carbocycles. The van der Waals surface area contributed by atoms with E-state index >= 15 is 0 Å². The number of aromatic nitrogens is 1. The van der Waals surface area contributed by atoms with Crippen LogP contribution in [0, 0.1) is 5.92 Å². The van der Waals surface area contributed by atoms with Crippen molar-refractivity contribution in [3.05, 3.63) is 75.7 Å². The van der Waals surface area contributed by atoms with Gasteiger partial charge in [-0.1, -0.05) is 31.5 Å². The number of carbonyl (C=O) groups excluding carboxylic acids is 2. The Morgan fingerprint density at radius 3 is 2.36 bits per heavy atom. The number of para-hydroxylation sites is 1. The van der Waals surface area contributed by atoms with Crippen LogP contribution in [0.25, 0.3) is 0 Å². The zero-order valence-corrected chi connectivity index (χ0v) is 30.7. The molecule has 55 heavy (non-hydrogen) atoms. The SMILES string of the molecule is CCC[C@H]1N(C(=O)c2cnccc2C(F)(F)F)CCC[C@@]1(Oc1csc(C(F)(F)F)c1)C(=O)N1CCC(O)(c2ccccc2O[C@@H]2CC[C@@H](C(=O)O)C2)CC1. The molecular formula is C38H41F6N3O7S. The van der Waals surface area contributed by atoms with Crippen molar-refractivity contribution in [2.45, 2.75) is 100 Å². The van der Waals surface area contributed by atoms with Crippen molar-refractivity contribution < 1.29 is 60.4 Å². The Bertz CT molecular complexity index is 1880. The van der Waals surface area contributed by atoms with Gasteiger partial charge < -0.3 is 29.5 Å². The molecule has 17 heteroatoms. The fourth-order valence-corrected chi connectivity index (χ4v) is 8.80. The highest BCUT2D eigenvalue weighted by Gasteiger charge is 2.56. The molecule has 0 spiro atoms. The van der Waals surface area contributed by atoms with Gasteiger partial charge in [-0.05, 0) is 57.1 Å². The molecule has 1 aromatic carbocycles. The lowest BCUT2D eigenvalue weighted by Crippen LogP contribution is -2.68. The largest absolute Gasteiger partial charge is 0.490 e. The average molecular weight is 798 g/mol. The number of aliphatic hydroxyl groups is 1. The molecule has 3 fully saturated rings. The molecule has 3 aromatic rings. The van der Waals surface area contributed by atoms with Crippen molar-refractivity contribution in [2.75, 3.05) is 19.6 Å². The number of carbonyl (C=O) groups is 3. The molecule has 0 radical (unpaired) electrons. The Morgan fingerprint density at radius 1 is 1.00 bits per heavy atom. The van der Waals surface area contributed by atoms with Gasteiger partial charge in [0.2, 0.25) is 5.60 Å². The maximum absolute atomic E-state index is 14.9. The van der Waals surface area contributed by atoms with Crippen LogP contribution in [0.1, 0.15) is 91.1 Å². The van der Waals surface area contributed by atoms with Crippen molar-refractivity contribution in [3.63, 3.8) is 0 Å². The zero-order valence-electron chi connectivity index (χ0n) is 29.9. The number of hydrogen-bond donors (Lipinski definition) is 2. The minimum atomic E-state index is -4.90. The van der Waals surface area contributed by atoms with Crippen LogP contribution in [0.2, 0.25) is 0 Å². The molecule has 2 aromatic heterocycles. The highest BCUT2D eigenvalue weighted by molar-refractivity contribution is 7.10. The summed E-state index contributed by atoms with van der Waals surface area (Å²) >= 11 is 0.363. The van der Waals surface area contributed by atoms with E-state index in [0.717, 1.165) is 28.7 Å². The van der Waals surface area contributed by atoms with Gasteiger partial charge in [-0.25, -0.2) is 0 Å². The first-order valence-electron chi connectivity index (χ1n) is 18.1. The van der Waals surface area contributed by atoms with Gasteiger partial charge in [-0.2, -0.15) is 26.3 Å². The van der Waals surface area contributed by atoms with Crippen molar-refractivity contribution in [1.29, 1.82) is 0 Å². The number of piperidine rings is 2. The van der Waals surface area contributed by atoms with Crippen LogP contribution in [-0.2, 0) is 27.5 Å². The number of halogens is 6. The Morgan fingerprint density at radius 2 is 1.73 bits per heavy atom. The number of carboxylic acid groups (broad SMARTS) is 1. The number of amides is 2. The van der Waals surface area contributed by atoms with Gasteiger partial charge in [0.05, 0.1) is 34.8 Å². The normalized spacial score (nSPS) is 24.4. The summed E-state index contributed by atoms with van der Waals surface area (Å²) in [5.41, 5.74) is -4.96. The van der Waals surface area contributed by atoms with Crippen molar-refractivity contribution in [2.24, 2.45) is 5.92 Å². The Kier molecular flexibility index (Phi) is 11.5. The van der Waals surface area contributed by atoms with Crippen LogP contribution >= 0.6 is 11.3 Å². The molecule has 298 valence electrons. The fourth-order valence-electron chi connectivity index (χ4n) is 8.12. The zero-order chi connectivity index (χ0) is 39.8. The molecular weight excluding hydrogens is 756 g/mol. The molecule has 0 unspecified atom stereocenters. The van der Waals surface area contributed by atoms with Crippen LogP contribution in [0.3, 0.4) is 0 Å². The van der Waals surface area contributed by atoms with Crippen LogP contribution < -0.4 is 9.47 Å². The minimum Gasteiger partial charge on any atom is -0.490 e. The second-order valence-corrected chi connectivity index (χ2v) is 15.3. The quantitative estimate of drug-likeness (QED) is 0.202. The number of pyridine rings is 1. The number of likely N-dealkylation sites (tertiary alicyclic amines) is 2. The van der Waals surface area contributed by atoms with Gasteiger partial charge in [0.15, 0.2) is 0 Å². The Hall–Kier alpha value is -4.38. The summed E-state index contributed by atoms with van der Waals surface area (Å²) in [5.74, 6) is -3.01. The maximum Gasteiger partial charge on any atom is 0.425 e. The number of alkyl halides is 6. The van der Waals surface area contributed by atoms with E-state index in [4.69, 9.17) is 9.47 Å². The third-order valence-electron chi connectivity index (χ3n) is 10.9. The number of benzene rings is 1. The number of nitrogens with zero attached hydrogens (tertiary/aromatic N) is 3. The van der Waals surface area contributed by atoms with E-state index in [9.17, 15) is 50.9 Å². The lowest BCUT2D eigenvalue weighted by Gasteiger charge is -2.51. The molecule has 2 saturated heterocycles. The maximum atomic E-state index is 14.9. The van der Waals surface area contributed by atoms with Gasteiger partial charge >= 0.3 is 18.3 Å². The second kappa shape index (κ2) is 15.6. The molecule has 2 aliphatic heterocycles. The predicted octanol–water partition coefficient (Wildman–Crippen LogP) is 7.55. The topological polar surface area (TPSA) is 130 Å². The average Bonchev–Trinajstić information content (AvgIpc) is 3.82. The molecule has 10 nitrogen and oxygen atoms in total. The molecule has 2 amide bonds. The van der Waals surface area contributed by atoms with E-state index in [2.05, 4.69) is 4.98 Å². The third-order valence-corrected chi connectivity index (χ3v) is 11.8. The summed E-state index contributed by atoms with van der Waals surface area (Å²) in [5, 5.41) is 22.5.